The van der Waals surface area contributed by atoms with Gasteiger partial charge in [0.25, 0.3) is 0 Å². The molecule has 4 heteroatoms. The van der Waals surface area contributed by atoms with Crippen molar-refractivity contribution in [2.75, 3.05) is 0 Å². The number of hydrogen-bond acceptors (Lipinski definition) is 4. The highest BCUT2D eigenvalue weighted by molar-refractivity contribution is 5.41. The van der Waals surface area contributed by atoms with E-state index in [1.165, 1.54) is 6.20 Å². The average molecular weight is 161 g/mol. The Hall–Kier alpha value is -1.89. The van der Waals surface area contributed by atoms with Crippen LogP contribution in [0.25, 0.3) is 0 Å². The molecule has 0 spiro atoms. The van der Waals surface area contributed by atoms with Gasteiger partial charge in [-0.3, -0.25) is 10.4 Å². The summed E-state index contributed by atoms with van der Waals surface area (Å²) in [5.74, 6) is 0. The fourth-order valence-corrected chi connectivity index (χ4v) is 0.766. The third kappa shape index (κ3) is 2.06. The molecular weight excluding hydrogens is 154 g/mol. The van der Waals surface area contributed by atoms with Crippen LogP contribution < -0.4 is 0 Å². The van der Waals surface area contributed by atoms with Gasteiger partial charge in [0, 0.05) is 18.0 Å². The van der Waals surface area contributed by atoms with Crippen molar-refractivity contribution in [2.24, 2.45) is 0 Å². The van der Waals surface area contributed by atoms with Gasteiger partial charge in [-0.2, -0.15) is 5.26 Å². The Balaban J connectivity index is 2.74. The molecule has 1 aromatic heterocycles. The van der Waals surface area contributed by atoms with E-state index in [-0.39, 0.29) is 6.61 Å². The van der Waals surface area contributed by atoms with Crippen LogP contribution >= 0.6 is 0 Å². The molecule has 1 aromatic rings. The number of aromatic nitrogens is 1. The Bertz CT molecular complexity index is 316. The number of pyridine rings is 1. The standard InChI is InChI=1S/C8H7N3O/c9-2-7-1-8(4-11-3-7)5-12-6-10/h1,3-4,6,10H,5H2. The first kappa shape index (κ1) is 8.21. The molecule has 0 saturated carbocycles. The van der Waals surface area contributed by atoms with E-state index >= 15 is 0 Å². The van der Waals surface area contributed by atoms with Crippen LogP contribution in [0.15, 0.2) is 18.5 Å². The molecule has 1 heterocycles. The Labute approximate surface area is 69.9 Å². The Kier molecular flexibility index (Phi) is 2.79. The monoisotopic (exact) mass is 161 g/mol. The molecule has 0 aliphatic rings. The van der Waals surface area contributed by atoms with Crippen LogP contribution in [0.2, 0.25) is 0 Å². The van der Waals surface area contributed by atoms with Gasteiger partial charge in [0.2, 0.25) is 0 Å². The van der Waals surface area contributed by atoms with Crippen molar-refractivity contribution in [3.8, 4) is 6.07 Å². The van der Waals surface area contributed by atoms with Gasteiger partial charge in [-0.05, 0) is 6.07 Å². The zero-order valence-electron chi connectivity index (χ0n) is 6.32. The largest absolute Gasteiger partial charge is 0.479 e. The second-order valence-corrected chi connectivity index (χ2v) is 2.12. The molecule has 0 fully saturated rings. The summed E-state index contributed by atoms with van der Waals surface area (Å²) >= 11 is 0. The lowest BCUT2D eigenvalue weighted by Gasteiger charge is -1.98. The van der Waals surface area contributed by atoms with Crippen molar-refractivity contribution in [2.45, 2.75) is 6.61 Å². The fraction of sp³-hybridized carbons (Fsp3) is 0.125. The summed E-state index contributed by atoms with van der Waals surface area (Å²) in [7, 11) is 0. The summed E-state index contributed by atoms with van der Waals surface area (Å²) < 4.78 is 4.71. The van der Waals surface area contributed by atoms with Gasteiger partial charge >= 0.3 is 0 Å². The van der Waals surface area contributed by atoms with Crippen molar-refractivity contribution in [1.82, 2.24) is 4.98 Å². The lowest BCUT2D eigenvalue weighted by molar-refractivity contribution is 0.305. The number of ether oxygens (including phenoxy) is 1. The number of rotatable bonds is 3. The average Bonchev–Trinajstić information content (AvgIpc) is 2.15. The molecule has 0 aliphatic heterocycles. The summed E-state index contributed by atoms with van der Waals surface area (Å²) in [5.41, 5.74) is 1.29. The lowest BCUT2D eigenvalue weighted by Crippen LogP contribution is -1.91. The summed E-state index contributed by atoms with van der Waals surface area (Å²) in [4.78, 5) is 3.83. The van der Waals surface area contributed by atoms with E-state index in [1.54, 1.807) is 12.3 Å². The molecule has 0 atom stereocenters. The maximum atomic E-state index is 8.51. The first-order chi connectivity index (χ1) is 5.86. The molecule has 0 aromatic carbocycles. The van der Waals surface area contributed by atoms with E-state index in [2.05, 4.69) is 4.98 Å². The van der Waals surface area contributed by atoms with E-state index in [0.29, 0.717) is 5.56 Å². The van der Waals surface area contributed by atoms with Crippen molar-refractivity contribution < 1.29 is 4.74 Å². The quantitative estimate of drug-likeness (QED) is 0.532. The summed E-state index contributed by atoms with van der Waals surface area (Å²) in [6, 6.07) is 3.65. The van der Waals surface area contributed by atoms with Crippen LogP contribution in [0.3, 0.4) is 0 Å². The zero-order chi connectivity index (χ0) is 8.81. The van der Waals surface area contributed by atoms with Crippen molar-refractivity contribution in [3.05, 3.63) is 29.6 Å². The molecule has 1 N–H and O–H groups in total. The predicted molar refractivity (Wildman–Crippen MR) is 42.5 cm³/mol. The van der Waals surface area contributed by atoms with Gasteiger partial charge in [0.05, 0.1) is 5.56 Å². The lowest BCUT2D eigenvalue weighted by atomic mass is 10.2. The van der Waals surface area contributed by atoms with E-state index < -0.39 is 0 Å². The summed E-state index contributed by atoms with van der Waals surface area (Å²) in [6.07, 6.45) is 3.94. The number of nitrogens with one attached hydrogen (secondary N) is 1. The number of hydrogen-bond donors (Lipinski definition) is 1. The van der Waals surface area contributed by atoms with Gasteiger partial charge in [0.1, 0.15) is 12.7 Å². The van der Waals surface area contributed by atoms with Crippen LogP contribution in [0.4, 0.5) is 0 Å². The molecule has 0 unspecified atom stereocenters. The van der Waals surface area contributed by atoms with E-state index in [0.717, 1.165) is 12.0 Å². The molecule has 12 heavy (non-hydrogen) atoms. The highest BCUT2D eigenvalue weighted by atomic mass is 16.5. The van der Waals surface area contributed by atoms with Crippen LogP contribution in [-0.2, 0) is 11.3 Å². The topological polar surface area (TPSA) is 69.8 Å². The van der Waals surface area contributed by atoms with Gasteiger partial charge in [-0.1, -0.05) is 0 Å². The van der Waals surface area contributed by atoms with Crippen molar-refractivity contribution in [3.63, 3.8) is 0 Å². The van der Waals surface area contributed by atoms with Crippen molar-refractivity contribution >= 4 is 6.40 Å². The van der Waals surface area contributed by atoms with Gasteiger partial charge in [-0.25, -0.2) is 0 Å². The Morgan fingerprint density at radius 1 is 1.67 bits per heavy atom. The number of nitriles is 1. The maximum absolute atomic E-state index is 8.51. The van der Waals surface area contributed by atoms with Crippen LogP contribution in [0.5, 0.6) is 0 Å². The van der Waals surface area contributed by atoms with E-state index in [4.69, 9.17) is 15.4 Å². The molecule has 0 amide bonds. The summed E-state index contributed by atoms with van der Waals surface area (Å²) in [6.45, 7) is 0.284. The second-order valence-electron chi connectivity index (χ2n) is 2.12. The minimum atomic E-state index is 0.284. The Morgan fingerprint density at radius 3 is 3.17 bits per heavy atom. The molecule has 4 nitrogen and oxygen atoms in total. The third-order valence-electron chi connectivity index (χ3n) is 1.26. The van der Waals surface area contributed by atoms with Gasteiger partial charge < -0.3 is 4.74 Å². The first-order valence-electron chi connectivity index (χ1n) is 3.31. The van der Waals surface area contributed by atoms with E-state index in [9.17, 15) is 0 Å². The van der Waals surface area contributed by atoms with E-state index in [1.807, 2.05) is 6.07 Å². The van der Waals surface area contributed by atoms with Gasteiger partial charge in [-0.15, -0.1) is 0 Å². The second kappa shape index (κ2) is 4.09. The highest BCUT2D eigenvalue weighted by Gasteiger charge is 1.94. The molecule has 60 valence electrons. The van der Waals surface area contributed by atoms with Gasteiger partial charge in [0.15, 0.2) is 6.40 Å². The first-order valence-corrected chi connectivity index (χ1v) is 3.31. The minimum absolute atomic E-state index is 0.284. The van der Waals surface area contributed by atoms with Crippen LogP contribution in [-0.4, -0.2) is 11.4 Å². The highest BCUT2D eigenvalue weighted by Crippen LogP contribution is 2.01. The smallest absolute Gasteiger partial charge is 0.167 e. The third-order valence-corrected chi connectivity index (χ3v) is 1.26. The zero-order valence-corrected chi connectivity index (χ0v) is 6.32. The maximum Gasteiger partial charge on any atom is 0.167 e. The predicted octanol–water partition coefficient (Wildman–Crippen LogP) is 1.08. The molecule has 0 radical (unpaired) electrons. The minimum Gasteiger partial charge on any atom is -0.479 e. The molecule has 0 bridgehead atoms. The fourth-order valence-electron chi connectivity index (χ4n) is 0.766. The van der Waals surface area contributed by atoms with Crippen molar-refractivity contribution in [1.29, 1.82) is 10.7 Å². The summed E-state index contributed by atoms with van der Waals surface area (Å²) in [5, 5.41) is 15.1. The van der Waals surface area contributed by atoms with Crippen LogP contribution in [0.1, 0.15) is 11.1 Å². The SMILES string of the molecule is N#Cc1cncc(COC=N)c1. The number of nitrogens with zero attached hydrogens (tertiary/aromatic N) is 2. The van der Waals surface area contributed by atoms with Crippen LogP contribution in [0, 0.1) is 16.7 Å². The molecule has 0 saturated heterocycles. The molecular formula is C8H7N3O. The Morgan fingerprint density at radius 2 is 2.50 bits per heavy atom. The molecule has 1 rings (SSSR count). The molecule has 0 aliphatic carbocycles. The normalized spacial score (nSPS) is 8.58.